The molecule has 2 unspecified atom stereocenters. The molecule has 164 valence electrons. The maximum Gasteiger partial charge on any atom is 0.224 e. The fourth-order valence-electron chi connectivity index (χ4n) is 3.91. The predicted octanol–water partition coefficient (Wildman–Crippen LogP) is 4.07. The number of hydrogen-bond donors (Lipinski definition) is 2. The number of carbonyl (C=O) groups excluding carboxylic acids is 2. The lowest BCUT2D eigenvalue weighted by Crippen LogP contribution is -2.37. The second-order valence-electron chi connectivity index (χ2n) is 7.84. The molecule has 6 nitrogen and oxygen atoms in total. The van der Waals surface area contributed by atoms with Crippen LogP contribution in [0, 0.1) is 23.2 Å². The molecule has 1 aliphatic rings. The van der Waals surface area contributed by atoms with E-state index < -0.39 is 0 Å². The van der Waals surface area contributed by atoms with Gasteiger partial charge in [0.05, 0.1) is 18.9 Å². The topological polar surface area (TPSA) is 95.1 Å². The maximum atomic E-state index is 12.4. The number of aryl methyl sites for hydroxylation is 1. The summed E-state index contributed by atoms with van der Waals surface area (Å²) in [6.45, 7) is 0.496. The van der Waals surface area contributed by atoms with Crippen molar-refractivity contribution in [2.75, 3.05) is 12.3 Å². The summed E-state index contributed by atoms with van der Waals surface area (Å²) in [5, 5.41) is 14.3. The summed E-state index contributed by atoms with van der Waals surface area (Å²) in [7, 11) is 0. The zero-order valence-corrected chi connectivity index (χ0v) is 18.5. The van der Waals surface area contributed by atoms with Crippen molar-refractivity contribution in [2.45, 2.75) is 50.0 Å². The van der Waals surface area contributed by atoms with E-state index in [2.05, 4.69) is 34.9 Å². The van der Waals surface area contributed by atoms with E-state index in [-0.39, 0.29) is 24.3 Å². The van der Waals surface area contributed by atoms with Gasteiger partial charge in [0, 0.05) is 23.0 Å². The molecule has 0 aliphatic heterocycles. The van der Waals surface area contributed by atoms with E-state index >= 15 is 0 Å². The molecular formula is C24H29N3O3S. The number of nitrogens with zero attached hydrogens (tertiary/aromatic N) is 1. The molecule has 0 radical (unpaired) electrons. The van der Waals surface area contributed by atoms with Gasteiger partial charge in [0.15, 0.2) is 0 Å². The van der Waals surface area contributed by atoms with Gasteiger partial charge in [-0.05, 0) is 55.0 Å². The number of thioether (sulfide) groups is 1. The minimum Gasteiger partial charge on any atom is -0.467 e. The van der Waals surface area contributed by atoms with Crippen LogP contribution >= 0.6 is 11.8 Å². The third kappa shape index (κ3) is 7.48. The lowest BCUT2D eigenvalue weighted by atomic mass is 9.80. The molecular weight excluding hydrogens is 410 g/mol. The second-order valence-corrected chi connectivity index (χ2v) is 8.93. The highest BCUT2D eigenvalue weighted by molar-refractivity contribution is 7.99. The molecule has 1 aromatic heterocycles. The molecule has 1 aliphatic carbocycles. The van der Waals surface area contributed by atoms with Crippen LogP contribution in [0.1, 0.15) is 43.4 Å². The fourth-order valence-corrected chi connectivity index (χ4v) is 5.04. The van der Waals surface area contributed by atoms with Crippen LogP contribution in [0.15, 0.2) is 52.0 Å². The standard InChI is InChI=1S/C24H29N3O3S/c25-13-14-26-24(29)22-6-2-1-4-19(22)17-31-21-10-7-18(8-11-21)9-12-23(28)27-16-20-5-3-15-30-20/h3,5,7-8,10-11,15,19,22H,1-2,4,6,9,12,14,16-17H2,(H,26,29)(H,27,28). The van der Waals surface area contributed by atoms with Gasteiger partial charge >= 0.3 is 0 Å². The number of carbonyl (C=O) groups is 2. The largest absolute Gasteiger partial charge is 0.467 e. The molecule has 2 amide bonds. The summed E-state index contributed by atoms with van der Waals surface area (Å²) in [5.74, 6) is 2.03. The predicted molar refractivity (Wildman–Crippen MR) is 120 cm³/mol. The fraction of sp³-hybridized carbons (Fsp3) is 0.458. The summed E-state index contributed by atoms with van der Waals surface area (Å²) >= 11 is 1.78. The Labute approximate surface area is 187 Å². The molecule has 31 heavy (non-hydrogen) atoms. The molecule has 7 heteroatoms. The molecule has 2 N–H and O–H groups in total. The van der Waals surface area contributed by atoms with E-state index in [1.807, 2.05) is 12.1 Å². The Morgan fingerprint density at radius 2 is 1.94 bits per heavy atom. The summed E-state index contributed by atoms with van der Waals surface area (Å²) in [6.07, 6.45) is 6.93. The average molecular weight is 440 g/mol. The van der Waals surface area contributed by atoms with Crippen molar-refractivity contribution in [1.29, 1.82) is 5.26 Å². The number of amides is 2. The highest BCUT2D eigenvalue weighted by Crippen LogP contribution is 2.34. The third-order valence-electron chi connectivity index (χ3n) is 5.66. The van der Waals surface area contributed by atoms with E-state index in [1.165, 1.54) is 4.90 Å². The minimum atomic E-state index is 0.00728. The Hall–Kier alpha value is -2.72. The van der Waals surface area contributed by atoms with Crippen LogP contribution in [0.3, 0.4) is 0 Å². The SMILES string of the molecule is N#CCNC(=O)C1CCCCC1CSc1ccc(CCC(=O)NCc2ccco2)cc1. The van der Waals surface area contributed by atoms with Gasteiger partial charge in [-0.15, -0.1) is 11.8 Å². The van der Waals surface area contributed by atoms with Gasteiger partial charge in [-0.25, -0.2) is 0 Å². The van der Waals surface area contributed by atoms with E-state index in [9.17, 15) is 9.59 Å². The molecule has 1 heterocycles. The normalized spacial score (nSPS) is 18.2. The van der Waals surface area contributed by atoms with Gasteiger partial charge in [0.1, 0.15) is 12.3 Å². The molecule has 1 saturated carbocycles. The Morgan fingerprint density at radius 3 is 2.68 bits per heavy atom. The zero-order valence-electron chi connectivity index (χ0n) is 17.6. The lowest BCUT2D eigenvalue weighted by Gasteiger charge is -2.30. The van der Waals surface area contributed by atoms with Crippen LogP contribution in [0.4, 0.5) is 0 Å². The monoisotopic (exact) mass is 439 g/mol. The first-order valence-corrected chi connectivity index (χ1v) is 11.8. The summed E-state index contributed by atoms with van der Waals surface area (Å²) in [6, 6.07) is 13.9. The van der Waals surface area contributed by atoms with Gasteiger partial charge in [-0.2, -0.15) is 5.26 Å². The van der Waals surface area contributed by atoms with Crippen LogP contribution in [0.2, 0.25) is 0 Å². The van der Waals surface area contributed by atoms with Gasteiger partial charge < -0.3 is 15.1 Å². The van der Waals surface area contributed by atoms with E-state index in [0.29, 0.717) is 25.3 Å². The summed E-state index contributed by atoms with van der Waals surface area (Å²) in [5.41, 5.74) is 1.13. The van der Waals surface area contributed by atoms with Crippen molar-refractivity contribution in [3.8, 4) is 6.07 Å². The Bertz CT molecular complexity index is 874. The van der Waals surface area contributed by atoms with Gasteiger partial charge in [-0.1, -0.05) is 25.0 Å². The van der Waals surface area contributed by atoms with Crippen LogP contribution in [0.5, 0.6) is 0 Å². The van der Waals surface area contributed by atoms with E-state index in [0.717, 1.165) is 42.8 Å². The first-order chi connectivity index (χ1) is 15.2. The van der Waals surface area contributed by atoms with Crippen molar-refractivity contribution in [3.63, 3.8) is 0 Å². The minimum absolute atomic E-state index is 0.00728. The Morgan fingerprint density at radius 1 is 1.13 bits per heavy atom. The first kappa shape index (κ1) is 23.0. The van der Waals surface area contributed by atoms with Gasteiger partial charge in [0.25, 0.3) is 0 Å². The molecule has 0 spiro atoms. The van der Waals surface area contributed by atoms with Crippen LogP contribution in [0.25, 0.3) is 0 Å². The Kier molecular flexibility index (Phi) is 9.04. The number of rotatable bonds is 10. The van der Waals surface area contributed by atoms with Crippen molar-refractivity contribution < 1.29 is 14.0 Å². The zero-order chi connectivity index (χ0) is 21.9. The number of benzene rings is 1. The van der Waals surface area contributed by atoms with Crippen LogP contribution in [-0.4, -0.2) is 24.1 Å². The smallest absolute Gasteiger partial charge is 0.224 e. The van der Waals surface area contributed by atoms with Crippen molar-refractivity contribution in [2.24, 2.45) is 11.8 Å². The van der Waals surface area contributed by atoms with Crippen LogP contribution in [-0.2, 0) is 22.6 Å². The van der Waals surface area contributed by atoms with Crippen molar-refractivity contribution in [1.82, 2.24) is 10.6 Å². The van der Waals surface area contributed by atoms with E-state index in [4.69, 9.17) is 9.68 Å². The highest BCUT2D eigenvalue weighted by atomic mass is 32.2. The third-order valence-corrected chi connectivity index (χ3v) is 6.86. The summed E-state index contributed by atoms with van der Waals surface area (Å²) in [4.78, 5) is 25.5. The van der Waals surface area contributed by atoms with Crippen LogP contribution < -0.4 is 10.6 Å². The first-order valence-electron chi connectivity index (χ1n) is 10.8. The Balaban J connectivity index is 1.41. The van der Waals surface area contributed by atoms with Gasteiger partial charge in [-0.3, -0.25) is 9.59 Å². The molecule has 2 atom stereocenters. The molecule has 1 fully saturated rings. The number of nitriles is 1. The highest BCUT2D eigenvalue weighted by Gasteiger charge is 2.30. The van der Waals surface area contributed by atoms with Gasteiger partial charge in [0.2, 0.25) is 11.8 Å². The number of hydrogen-bond acceptors (Lipinski definition) is 5. The second kappa shape index (κ2) is 12.2. The molecule has 0 bridgehead atoms. The van der Waals surface area contributed by atoms with E-state index in [1.54, 1.807) is 24.1 Å². The molecule has 2 aromatic rings. The summed E-state index contributed by atoms with van der Waals surface area (Å²) < 4.78 is 5.21. The number of nitrogens with one attached hydrogen (secondary N) is 2. The maximum absolute atomic E-state index is 12.4. The van der Waals surface area contributed by atoms with Crippen molar-refractivity contribution in [3.05, 3.63) is 54.0 Å². The molecule has 3 rings (SSSR count). The number of furan rings is 1. The molecule has 1 aromatic carbocycles. The molecule has 0 saturated heterocycles. The van der Waals surface area contributed by atoms with Crippen molar-refractivity contribution >= 4 is 23.6 Å². The lowest BCUT2D eigenvalue weighted by molar-refractivity contribution is -0.127. The quantitative estimate of drug-likeness (QED) is 0.430. The average Bonchev–Trinajstić information content (AvgIpc) is 3.33.